The average molecular weight is 470 g/mol. The van der Waals surface area contributed by atoms with Crippen LogP contribution in [0.2, 0.25) is 0 Å². The molecule has 34 heavy (non-hydrogen) atoms. The second-order valence-electron chi connectivity index (χ2n) is 7.53. The first-order valence-corrected chi connectivity index (χ1v) is 10.8. The van der Waals surface area contributed by atoms with Gasteiger partial charge in [0, 0.05) is 56.5 Å². The van der Waals surface area contributed by atoms with Crippen molar-refractivity contribution in [2.45, 2.75) is 13.8 Å². The van der Waals surface area contributed by atoms with Gasteiger partial charge in [-0.25, -0.2) is 4.79 Å². The summed E-state index contributed by atoms with van der Waals surface area (Å²) >= 11 is 0. The molecule has 1 aliphatic heterocycles. The number of hydrogen-bond acceptors (Lipinski definition) is 8. The highest BCUT2D eigenvalue weighted by atomic mass is 16.6. The quantitative estimate of drug-likeness (QED) is 0.354. The van der Waals surface area contributed by atoms with E-state index in [-0.39, 0.29) is 30.4 Å². The molecule has 180 valence electrons. The summed E-state index contributed by atoms with van der Waals surface area (Å²) in [6.07, 6.45) is 0. The zero-order valence-corrected chi connectivity index (χ0v) is 19.0. The molecule has 2 aromatic carbocycles. The number of nitrogens with zero attached hydrogens (tertiary/aromatic N) is 3. The number of piperazine rings is 1. The van der Waals surface area contributed by atoms with Crippen LogP contribution in [0.15, 0.2) is 42.5 Å². The molecule has 11 nitrogen and oxygen atoms in total. The van der Waals surface area contributed by atoms with E-state index in [0.717, 1.165) is 0 Å². The zero-order valence-electron chi connectivity index (χ0n) is 19.0. The maximum Gasteiger partial charge on any atom is 0.344 e. The maximum absolute atomic E-state index is 12.8. The zero-order chi connectivity index (χ0) is 24.7. The fraction of sp³-hybridized carbons (Fsp3) is 0.348. The number of carbonyl (C=O) groups is 3. The monoisotopic (exact) mass is 470 g/mol. The molecule has 11 heteroatoms. The molecule has 0 bridgehead atoms. The van der Waals surface area contributed by atoms with Gasteiger partial charge in [-0.05, 0) is 31.2 Å². The van der Waals surface area contributed by atoms with E-state index >= 15 is 0 Å². The Morgan fingerprint density at radius 1 is 1.09 bits per heavy atom. The molecule has 1 N–H and O–H groups in total. The molecule has 1 fully saturated rings. The lowest BCUT2D eigenvalue weighted by atomic mass is 10.1. The van der Waals surface area contributed by atoms with Crippen LogP contribution in [0, 0.1) is 10.1 Å². The maximum atomic E-state index is 12.8. The van der Waals surface area contributed by atoms with Crippen LogP contribution in [0.25, 0.3) is 0 Å². The predicted molar refractivity (Wildman–Crippen MR) is 124 cm³/mol. The minimum Gasteiger partial charge on any atom is -0.482 e. The highest BCUT2D eigenvalue weighted by Crippen LogP contribution is 2.30. The van der Waals surface area contributed by atoms with Crippen molar-refractivity contribution >= 4 is 34.8 Å². The van der Waals surface area contributed by atoms with Crippen molar-refractivity contribution in [2.75, 3.05) is 49.6 Å². The molecule has 0 aliphatic carbocycles. The number of anilines is 2. The highest BCUT2D eigenvalue weighted by molar-refractivity contribution is 6.05. The number of hydrogen-bond donors (Lipinski definition) is 1. The van der Waals surface area contributed by atoms with Gasteiger partial charge in [0.15, 0.2) is 6.61 Å². The number of ether oxygens (including phenoxy) is 2. The number of amides is 2. The Hall–Kier alpha value is -4.15. The molecular formula is C23H26N4O7. The molecule has 2 aromatic rings. The molecule has 1 aliphatic rings. The minimum atomic E-state index is -0.529. The molecule has 0 spiro atoms. The number of esters is 1. The molecule has 3 rings (SSSR count). The van der Waals surface area contributed by atoms with Crippen LogP contribution in [0.1, 0.15) is 24.2 Å². The molecule has 1 saturated heterocycles. The Bertz CT molecular complexity index is 1080. The molecule has 0 atom stereocenters. The number of benzene rings is 2. The second-order valence-corrected chi connectivity index (χ2v) is 7.53. The number of nitro groups is 1. The average Bonchev–Trinajstić information content (AvgIpc) is 2.83. The summed E-state index contributed by atoms with van der Waals surface area (Å²) in [5.41, 5.74) is 0.740. The first-order chi connectivity index (χ1) is 16.3. The highest BCUT2D eigenvalue weighted by Gasteiger charge is 2.26. The first-order valence-electron chi connectivity index (χ1n) is 10.8. The first kappa shape index (κ1) is 24.5. The van der Waals surface area contributed by atoms with Gasteiger partial charge in [-0.2, -0.15) is 0 Å². The number of nitro benzene ring substituents is 1. The van der Waals surface area contributed by atoms with Crippen molar-refractivity contribution in [2.24, 2.45) is 0 Å². The Labute approximate surface area is 196 Å². The Balaban J connectivity index is 1.70. The summed E-state index contributed by atoms with van der Waals surface area (Å²) in [4.78, 5) is 50.4. The lowest BCUT2D eigenvalue weighted by molar-refractivity contribution is -0.384. The van der Waals surface area contributed by atoms with Gasteiger partial charge in [-0.1, -0.05) is 6.07 Å². The largest absolute Gasteiger partial charge is 0.482 e. The van der Waals surface area contributed by atoms with Gasteiger partial charge in [0.05, 0.1) is 11.5 Å². The van der Waals surface area contributed by atoms with Crippen molar-refractivity contribution in [3.8, 4) is 5.75 Å². The SMILES string of the molecule is CCOC(=O)COc1cccc(NC(=O)c2ccc(N3CCN(C(C)=O)CC3)c([N+](=O)[O-])c2)c1. The van der Waals surface area contributed by atoms with Crippen molar-refractivity contribution in [3.05, 3.63) is 58.1 Å². The smallest absolute Gasteiger partial charge is 0.344 e. The molecule has 0 unspecified atom stereocenters. The van der Waals surface area contributed by atoms with Crippen molar-refractivity contribution in [3.63, 3.8) is 0 Å². The van der Waals surface area contributed by atoms with Gasteiger partial charge in [0.2, 0.25) is 5.91 Å². The summed E-state index contributed by atoms with van der Waals surface area (Å²) in [6.45, 7) is 5.05. The van der Waals surface area contributed by atoms with E-state index in [4.69, 9.17) is 9.47 Å². The summed E-state index contributed by atoms with van der Waals surface area (Å²) in [5, 5.41) is 14.4. The molecular weight excluding hydrogens is 444 g/mol. The van der Waals surface area contributed by atoms with Crippen LogP contribution >= 0.6 is 0 Å². The van der Waals surface area contributed by atoms with Gasteiger partial charge in [0.25, 0.3) is 11.6 Å². The number of rotatable bonds is 8. The Morgan fingerprint density at radius 2 is 1.82 bits per heavy atom. The Kier molecular flexibility index (Phi) is 8.01. The van der Waals surface area contributed by atoms with Gasteiger partial charge in [-0.15, -0.1) is 0 Å². The van der Waals surface area contributed by atoms with E-state index in [0.29, 0.717) is 43.3 Å². The third-order valence-corrected chi connectivity index (χ3v) is 5.25. The van der Waals surface area contributed by atoms with Gasteiger partial charge in [0.1, 0.15) is 11.4 Å². The van der Waals surface area contributed by atoms with E-state index in [9.17, 15) is 24.5 Å². The molecule has 1 heterocycles. The minimum absolute atomic E-state index is 0.0310. The van der Waals surface area contributed by atoms with Gasteiger partial charge < -0.3 is 24.6 Å². The molecule has 0 radical (unpaired) electrons. The van der Waals surface area contributed by atoms with Gasteiger partial charge >= 0.3 is 5.97 Å². The number of nitrogens with one attached hydrogen (secondary N) is 1. The standard InChI is InChI=1S/C23H26N4O7/c1-3-33-22(29)15-34-19-6-4-5-18(14-19)24-23(30)17-7-8-20(21(13-17)27(31)32)26-11-9-25(10-12-26)16(2)28/h4-8,13-14H,3,9-12,15H2,1-2H3,(H,24,30). The van der Waals surface area contributed by atoms with E-state index in [1.54, 1.807) is 36.1 Å². The molecule has 2 amide bonds. The van der Waals surface area contributed by atoms with Crippen LogP contribution in [-0.4, -0.2) is 67.0 Å². The lowest BCUT2D eigenvalue weighted by Crippen LogP contribution is -2.48. The van der Waals surface area contributed by atoms with Crippen LogP contribution in [0.5, 0.6) is 5.75 Å². The third kappa shape index (κ3) is 6.21. The van der Waals surface area contributed by atoms with E-state index < -0.39 is 16.8 Å². The Morgan fingerprint density at radius 3 is 2.47 bits per heavy atom. The normalized spacial score (nSPS) is 13.2. The van der Waals surface area contributed by atoms with E-state index in [1.807, 2.05) is 4.90 Å². The van der Waals surface area contributed by atoms with E-state index in [1.165, 1.54) is 25.1 Å². The van der Waals surface area contributed by atoms with Crippen molar-refractivity contribution < 1.29 is 28.8 Å². The van der Waals surface area contributed by atoms with Gasteiger partial charge in [-0.3, -0.25) is 19.7 Å². The predicted octanol–water partition coefficient (Wildman–Crippen LogP) is 2.46. The molecule has 0 saturated carbocycles. The summed E-state index contributed by atoms with van der Waals surface area (Å²) in [5.74, 6) is -0.709. The summed E-state index contributed by atoms with van der Waals surface area (Å²) in [6, 6.07) is 10.7. The lowest BCUT2D eigenvalue weighted by Gasteiger charge is -2.35. The van der Waals surface area contributed by atoms with Crippen LogP contribution in [-0.2, 0) is 14.3 Å². The van der Waals surface area contributed by atoms with Crippen LogP contribution in [0.4, 0.5) is 17.1 Å². The van der Waals surface area contributed by atoms with Crippen molar-refractivity contribution in [1.82, 2.24) is 4.90 Å². The second kappa shape index (κ2) is 11.1. The van der Waals surface area contributed by atoms with Crippen LogP contribution in [0.3, 0.4) is 0 Å². The molecule has 0 aromatic heterocycles. The fourth-order valence-corrected chi connectivity index (χ4v) is 3.55. The van der Waals surface area contributed by atoms with E-state index in [2.05, 4.69) is 5.32 Å². The third-order valence-electron chi connectivity index (χ3n) is 5.25. The topological polar surface area (TPSA) is 131 Å². The fourth-order valence-electron chi connectivity index (χ4n) is 3.55. The number of carbonyl (C=O) groups excluding carboxylic acids is 3. The van der Waals surface area contributed by atoms with Crippen molar-refractivity contribution in [1.29, 1.82) is 0 Å². The van der Waals surface area contributed by atoms with Crippen LogP contribution < -0.4 is 15.0 Å². The summed E-state index contributed by atoms with van der Waals surface area (Å²) < 4.78 is 10.2. The summed E-state index contributed by atoms with van der Waals surface area (Å²) in [7, 11) is 0.